The first kappa shape index (κ1) is 17.1. The van der Waals surface area contributed by atoms with Gasteiger partial charge in [0.1, 0.15) is 7.85 Å². The Morgan fingerprint density at radius 1 is 0.765 bits per heavy atom. The molecule has 0 aromatic rings. The summed E-state index contributed by atoms with van der Waals surface area (Å²) in [4.78, 5) is 0. The summed E-state index contributed by atoms with van der Waals surface area (Å²) < 4.78 is 0. The van der Waals surface area contributed by atoms with Gasteiger partial charge in [0, 0.05) is 0 Å². The molecule has 0 aromatic heterocycles. The van der Waals surface area contributed by atoms with Crippen molar-refractivity contribution < 1.29 is 0 Å². The van der Waals surface area contributed by atoms with Crippen molar-refractivity contribution in [1.82, 2.24) is 0 Å². The summed E-state index contributed by atoms with van der Waals surface area (Å²) in [6.45, 7) is 12.0. The van der Waals surface area contributed by atoms with E-state index in [0.29, 0.717) is 10.7 Å². The zero-order valence-corrected chi connectivity index (χ0v) is 13.4. The molecule has 0 radical (unpaired) electrons. The lowest BCUT2D eigenvalue weighted by atomic mass is 9.50. The van der Waals surface area contributed by atoms with E-state index in [0.717, 1.165) is 0 Å². The third-order valence-electron chi connectivity index (χ3n) is 5.18. The van der Waals surface area contributed by atoms with Crippen molar-refractivity contribution in [2.75, 3.05) is 0 Å². The summed E-state index contributed by atoms with van der Waals surface area (Å²) in [7, 11) is 2.47. The van der Waals surface area contributed by atoms with Crippen LogP contribution in [-0.4, -0.2) is 7.85 Å². The first-order valence-corrected chi connectivity index (χ1v) is 7.93. The smallest absolute Gasteiger partial charge is 0.0664 e. The van der Waals surface area contributed by atoms with Crippen molar-refractivity contribution in [3.8, 4) is 0 Å². The van der Waals surface area contributed by atoms with Crippen LogP contribution in [0.5, 0.6) is 0 Å². The third-order valence-corrected chi connectivity index (χ3v) is 5.18. The van der Waals surface area contributed by atoms with Crippen LogP contribution in [0.3, 0.4) is 0 Å². The van der Waals surface area contributed by atoms with E-state index in [9.17, 15) is 0 Å². The minimum atomic E-state index is 0.494. The van der Waals surface area contributed by atoms with Gasteiger partial charge in [-0.1, -0.05) is 84.9 Å². The van der Waals surface area contributed by atoms with E-state index >= 15 is 0 Å². The van der Waals surface area contributed by atoms with Gasteiger partial charge in [-0.2, -0.15) is 0 Å². The molecule has 17 heavy (non-hydrogen) atoms. The number of hydrogen-bond acceptors (Lipinski definition) is 0. The van der Waals surface area contributed by atoms with Gasteiger partial charge in [0.05, 0.1) is 0 Å². The molecule has 0 aliphatic carbocycles. The van der Waals surface area contributed by atoms with Gasteiger partial charge in [-0.25, -0.2) is 0 Å². The highest BCUT2D eigenvalue weighted by Crippen LogP contribution is 2.52. The molecule has 0 bridgehead atoms. The largest absolute Gasteiger partial charge is 0.109 e. The first-order valence-electron chi connectivity index (χ1n) is 7.93. The number of rotatable bonds is 10. The Morgan fingerprint density at radius 3 is 1.76 bits per heavy atom. The molecule has 0 aliphatic heterocycles. The van der Waals surface area contributed by atoms with Gasteiger partial charge >= 0.3 is 0 Å². The standard InChI is InChI=1S/C16H35B/c1-6-9-11-12-14-15(4,13-10-7-2)16(5,17)8-3/h6-14,17H2,1-5H3. The summed E-state index contributed by atoms with van der Waals surface area (Å²) >= 11 is 0. The van der Waals surface area contributed by atoms with Gasteiger partial charge in [0.2, 0.25) is 0 Å². The van der Waals surface area contributed by atoms with Crippen LogP contribution in [0.2, 0.25) is 5.31 Å². The average molecular weight is 238 g/mol. The molecule has 0 aliphatic rings. The Hall–Kier alpha value is 0.0649. The Bertz CT molecular complexity index is 186. The molecule has 0 aromatic carbocycles. The summed E-state index contributed by atoms with van der Waals surface area (Å²) in [6.07, 6.45) is 12.5. The zero-order valence-electron chi connectivity index (χ0n) is 13.4. The molecule has 0 saturated carbocycles. The van der Waals surface area contributed by atoms with Crippen LogP contribution in [0, 0.1) is 5.41 Å². The van der Waals surface area contributed by atoms with E-state index in [2.05, 4.69) is 42.5 Å². The van der Waals surface area contributed by atoms with E-state index in [1.54, 1.807) is 0 Å². The molecule has 0 amide bonds. The van der Waals surface area contributed by atoms with Crippen molar-refractivity contribution in [2.45, 2.75) is 97.7 Å². The molecule has 0 nitrogen and oxygen atoms in total. The van der Waals surface area contributed by atoms with Crippen LogP contribution in [-0.2, 0) is 0 Å². The fourth-order valence-corrected chi connectivity index (χ4v) is 2.74. The number of unbranched alkanes of at least 4 members (excludes halogenated alkanes) is 4. The van der Waals surface area contributed by atoms with E-state index in [4.69, 9.17) is 0 Å². The molecule has 0 saturated heterocycles. The highest BCUT2D eigenvalue weighted by molar-refractivity contribution is 6.15. The molecule has 0 heterocycles. The van der Waals surface area contributed by atoms with Gasteiger partial charge in [-0.15, -0.1) is 0 Å². The minimum Gasteiger partial charge on any atom is -0.0664 e. The Kier molecular flexibility index (Phi) is 8.25. The maximum Gasteiger partial charge on any atom is 0.109 e. The molecule has 102 valence electrons. The number of hydrogen-bond donors (Lipinski definition) is 0. The van der Waals surface area contributed by atoms with Crippen molar-refractivity contribution >= 4 is 7.85 Å². The molecule has 0 rings (SSSR count). The Labute approximate surface area is 111 Å². The van der Waals surface area contributed by atoms with Gasteiger partial charge in [0.15, 0.2) is 0 Å². The SMILES string of the molecule is BC(C)(CC)C(C)(CCCC)CCCCCC. The van der Waals surface area contributed by atoms with Gasteiger partial charge in [-0.3, -0.25) is 0 Å². The summed E-state index contributed by atoms with van der Waals surface area (Å²) in [5.74, 6) is 0. The fourth-order valence-electron chi connectivity index (χ4n) is 2.74. The van der Waals surface area contributed by atoms with Crippen LogP contribution in [0.1, 0.15) is 92.4 Å². The van der Waals surface area contributed by atoms with E-state index in [1.807, 2.05) is 0 Å². The average Bonchev–Trinajstić information content (AvgIpc) is 2.32. The van der Waals surface area contributed by atoms with E-state index in [1.165, 1.54) is 57.8 Å². The van der Waals surface area contributed by atoms with Crippen molar-refractivity contribution in [2.24, 2.45) is 5.41 Å². The van der Waals surface area contributed by atoms with Gasteiger partial charge in [-0.05, 0) is 18.3 Å². The highest BCUT2D eigenvalue weighted by atomic mass is 14.4. The molecule has 1 heteroatoms. The molecule has 0 fully saturated rings. The quantitative estimate of drug-likeness (QED) is 0.354. The lowest BCUT2D eigenvalue weighted by Crippen LogP contribution is -2.32. The molecule has 0 N–H and O–H groups in total. The normalized spacial score (nSPS) is 18.6. The molecule has 0 spiro atoms. The lowest BCUT2D eigenvalue weighted by Gasteiger charge is -2.45. The maximum atomic E-state index is 2.54. The summed E-state index contributed by atoms with van der Waals surface area (Å²) in [5.41, 5.74) is 0.547. The Morgan fingerprint density at radius 2 is 1.29 bits per heavy atom. The monoisotopic (exact) mass is 238 g/mol. The van der Waals surface area contributed by atoms with Crippen LogP contribution < -0.4 is 0 Å². The minimum absolute atomic E-state index is 0.494. The Balaban J connectivity index is 4.39. The second-order valence-electron chi connectivity index (χ2n) is 6.71. The molecule has 2 unspecified atom stereocenters. The van der Waals surface area contributed by atoms with Crippen LogP contribution >= 0.6 is 0 Å². The fraction of sp³-hybridized carbons (Fsp3) is 1.00. The summed E-state index contributed by atoms with van der Waals surface area (Å²) in [5, 5.41) is 0.494. The second-order valence-corrected chi connectivity index (χ2v) is 6.71. The first-order chi connectivity index (χ1) is 7.93. The van der Waals surface area contributed by atoms with Gasteiger partial charge in [0.25, 0.3) is 0 Å². The van der Waals surface area contributed by atoms with Crippen LogP contribution in [0.15, 0.2) is 0 Å². The van der Waals surface area contributed by atoms with Crippen molar-refractivity contribution in [3.63, 3.8) is 0 Å². The highest BCUT2D eigenvalue weighted by Gasteiger charge is 2.37. The molecule has 2 atom stereocenters. The second kappa shape index (κ2) is 8.22. The lowest BCUT2D eigenvalue weighted by molar-refractivity contribution is 0.167. The third kappa shape index (κ3) is 5.49. The molecular formula is C16H35B. The van der Waals surface area contributed by atoms with E-state index in [-0.39, 0.29) is 0 Å². The topological polar surface area (TPSA) is 0 Å². The van der Waals surface area contributed by atoms with Crippen molar-refractivity contribution in [3.05, 3.63) is 0 Å². The predicted molar refractivity (Wildman–Crippen MR) is 83.6 cm³/mol. The van der Waals surface area contributed by atoms with Gasteiger partial charge < -0.3 is 0 Å². The molecular weight excluding hydrogens is 203 g/mol. The zero-order chi connectivity index (χ0) is 13.4. The van der Waals surface area contributed by atoms with E-state index < -0.39 is 0 Å². The van der Waals surface area contributed by atoms with Crippen molar-refractivity contribution in [1.29, 1.82) is 0 Å². The summed E-state index contributed by atoms with van der Waals surface area (Å²) in [6, 6.07) is 0. The maximum absolute atomic E-state index is 2.54. The van der Waals surface area contributed by atoms with Crippen LogP contribution in [0.4, 0.5) is 0 Å². The van der Waals surface area contributed by atoms with Crippen LogP contribution in [0.25, 0.3) is 0 Å². The predicted octanol–water partition coefficient (Wildman–Crippen LogP) is 5.38.